The zero-order valence-corrected chi connectivity index (χ0v) is 13.2. The number of rotatable bonds is 4. The summed E-state index contributed by atoms with van der Waals surface area (Å²) in [6.45, 7) is 1.52. The lowest BCUT2D eigenvalue weighted by Gasteiger charge is -2.32. The molecule has 2 N–H and O–H groups in total. The van der Waals surface area contributed by atoms with E-state index in [4.69, 9.17) is 0 Å². The summed E-state index contributed by atoms with van der Waals surface area (Å²) in [5.74, 6) is 1.53. The normalized spacial score (nSPS) is 15.3. The van der Waals surface area contributed by atoms with Crippen molar-refractivity contribution >= 4 is 17.7 Å². The molecule has 2 heterocycles. The van der Waals surface area contributed by atoms with E-state index >= 15 is 0 Å². The monoisotopic (exact) mass is 311 g/mol. The molecule has 120 valence electrons. The Labute approximate surface area is 135 Å². The van der Waals surface area contributed by atoms with Gasteiger partial charge in [0, 0.05) is 37.9 Å². The lowest BCUT2D eigenvalue weighted by molar-refractivity contribution is 0.0718. The van der Waals surface area contributed by atoms with Gasteiger partial charge in [0.1, 0.15) is 5.82 Å². The number of carbonyl (C=O) groups excluding carboxylic acids is 1. The lowest BCUT2D eigenvalue weighted by atomic mass is 10.0. The van der Waals surface area contributed by atoms with E-state index in [1.807, 2.05) is 41.3 Å². The number of likely N-dealkylation sites (tertiary alicyclic amines) is 1. The van der Waals surface area contributed by atoms with Gasteiger partial charge in [-0.25, -0.2) is 4.98 Å². The minimum absolute atomic E-state index is 0.114. The van der Waals surface area contributed by atoms with Gasteiger partial charge in [-0.2, -0.15) is 4.98 Å². The van der Waals surface area contributed by atoms with Crippen molar-refractivity contribution in [3.63, 3.8) is 0 Å². The molecule has 3 rings (SSSR count). The second-order valence-corrected chi connectivity index (χ2v) is 5.59. The number of nitrogens with zero attached hydrogens (tertiary/aromatic N) is 3. The molecule has 6 heteroatoms. The third kappa shape index (κ3) is 3.77. The molecule has 1 aromatic carbocycles. The van der Waals surface area contributed by atoms with Gasteiger partial charge in [0.15, 0.2) is 0 Å². The molecular weight excluding hydrogens is 290 g/mol. The zero-order valence-electron chi connectivity index (χ0n) is 13.2. The fourth-order valence-electron chi connectivity index (χ4n) is 2.76. The number of benzene rings is 1. The van der Waals surface area contributed by atoms with E-state index < -0.39 is 0 Å². The second kappa shape index (κ2) is 7.09. The van der Waals surface area contributed by atoms with E-state index in [1.165, 1.54) is 0 Å². The molecule has 0 unspecified atom stereocenters. The number of hydrogen-bond acceptors (Lipinski definition) is 5. The van der Waals surface area contributed by atoms with Crippen LogP contribution in [0.25, 0.3) is 0 Å². The Balaban J connectivity index is 1.55. The molecule has 2 aromatic rings. The molecule has 1 amide bonds. The van der Waals surface area contributed by atoms with Gasteiger partial charge in [-0.05, 0) is 31.0 Å². The summed E-state index contributed by atoms with van der Waals surface area (Å²) in [7, 11) is 1.80. The Kier molecular flexibility index (Phi) is 4.71. The predicted octanol–water partition coefficient (Wildman–Crippen LogP) is 2.24. The average Bonchev–Trinajstić information content (AvgIpc) is 2.63. The summed E-state index contributed by atoms with van der Waals surface area (Å²) in [4.78, 5) is 22.8. The van der Waals surface area contributed by atoms with Crippen LogP contribution in [0.5, 0.6) is 0 Å². The smallest absolute Gasteiger partial charge is 0.253 e. The van der Waals surface area contributed by atoms with Gasteiger partial charge < -0.3 is 15.5 Å². The first-order valence-corrected chi connectivity index (χ1v) is 7.88. The molecule has 0 spiro atoms. The molecule has 0 aliphatic carbocycles. The van der Waals surface area contributed by atoms with Gasteiger partial charge in [-0.15, -0.1) is 0 Å². The molecule has 0 bridgehead atoms. The van der Waals surface area contributed by atoms with Crippen molar-refractivity contribution in [2.45, 2.75) is 18.9 Å². The van der Waals surface area contributed by atoms with Crippen LogP contribution in [0, 0.1) is 0 Å². The topological polar surface area (TPSA) is 70.2 Å². The molecule has 23 heavy (non-hydrogen) atoms. The number of amides is 1. The van der Waals surface area contributed by atoms with Crippen LogP contribution in [0.3, 0.4) is 0 Å². The van der Waals surface area contributed by atoms with Crippen molar-refractivity contribution in [3.05, 3.63) is 48.2 Å². The largest absolute Gasteiger partial charge is 0.367 e. The summed E-state index contributed by atoms with van der Waals surface area (Å²) >= 11 is 0. The predicted molar refractivity (Wildman–Crippen MR) is 90.6 cm³/mol. The Morgan fingerprint density at radius 1 is 1.17 bits per heavy atom. The van der Waals surface area contributed by atoms with Crippen LogP contribution in [-0.4, -0.2) is 47.0 Å². The van der Waals surface area contributed by atoms with Crippen molar-refractivity contribution in [2.24, 2.45) is 0 Å². The lowest BCUT2D eigenvalue weighted by Crippen LogP contribution is -2.42. The third-order valence-corrected chi connectivity index (χ3v) is 4.03. The average molecular weight is 311 g/mol. The van der Waals surface area contributed by atoms with Crippen molar-refractivity contribution in [1.82, 2.24) is 14.9 Å². The minimum Gasteiger partial charge on any atom is -0.367 e. The Hall–Kier alpha value is -2.63. The number of anilines is 2. The number of piperidine rings is 1. The minimum atomic E-state index is 0.114. The molecule has 6 nitrogen and oxygen atoms in total. The van der Waals surface area contributed by atoms with Gasteiger partial charge in [0.05, 0.1) is 0 Å². The van der Waals surface area contributed by atoms with Crippen LogP contribution in [0.4, 0.5) is 11.8 Å². The maximum absolute atomic E-state index is 12.4. The van der Waals surface area contributed by atoms with Gasteiger partial charge in [-0.3, -0.25) is 4.79 Å². The molecule has 1 aromatic heterocycles. The molecular formula is C17H21N5O. The van der Waals surface area contributed by atoms with E-state index in [1.54, 1.807) is 13.2 Å². The highest BCUT2D eigenvalue weighted by Crippen LogP contribution is 2.17. The van der Waals surface area contributed by atoms with Crippen molar-refractivity contribution in [3.8, 4) is 0 Å². The van der Waals surface area contributed by atoms with Crippen molar-refractivity contribution in [2.75, 3.05) is 30.8 Å². The van der Waals surface area contributed by atoms with Gasteiger partial charge in [-0.1, -0.05) is 18.2 Å². The fraction of sp³-hybridized carbons (Fsp3) is 0.353. The van der Waals surface area contributed by atoms with Crippen molar-refractivity contribution in [1.29, 1.82) is 0 Å². The van der Waals surface area contributed by atoms with Crippen LogP contribution in [-0.2, 0) is 0 Å². The second-order valence-electron chi connectivity index (χ2n) is 5.59. The van der Waals surface area contributed by atoms with Crippen LogP contribution in [0.1, 0.15) is 23.2 Å². The highest BCUT2D eigenvalue weighted by molar-refractivity contribution is 5.94. The zero-order chi connectivity index (χ0) is 16.1. The van der Waals surface area contributed by atoms with E-state index in [2.05, 4.69) is 20.6 Å². The van der Waals surface area contributed by atoms with Gasteiger partial charge >= 0.3 is 0 Å². The summed E-state index contributed by atoms with van der Waals surface area (Å²) in [5, 5.41) is 6.36. The molecule has 1 aliphatic heterocycles. The fourth-order valence-corrected chi connectivity index (χ4v) is 2.76. The number of aromatic nitrogens is 2. The SMILES string of the molecule is CNc1nccc(NC2CCN(C(=O)c3ccccc3)CC2)n1. The summed E-state index contributed by atoms with van der Waals surface area (Å²) in [6.07, 6.45) is 3.56. The Bertz CT molecular complexity index is 653. The maximum atomic E-state index is 12.4. The molecule has 1 aliphatic rings. The van der Waals surface area contributed by atoms with E-state index in [0.29, 0.717) is 12.0 Å². The number of carbonyl (C=O) groups is 1. The highest BCUT2D eigenvalue weighted by Gasteiger charge is 2.23. The standard InChI is InChI=1S/C17H21N5O/c1-18-17-19-10-7-15(21-17)20-14-8-11-22(12-9-14)16(23)13-5-3-2-4-6-13/h2-7,10,14H,8-9,11-12H2,1H3,(H2,18,19,20,21). The van der Waals surface area contributed by atoms with Gasteiger partial charge in [0.2, 0.25) is 5.95 Å². The highest BCUT2D eigenvalue weighted by atomic mass is 16.2. The Morgan fingerprint density at radius 2 is 1.91 bits per heavy atom. The molecule has 1 saturated heterocycles. The molecule has 0 radical (unpaired) electrons. The van der Waals surface area contributed by atoms with Gasteiger partial charge in [0.25, 0.3) is 5.91 Å². The summed E-state index contributed by atoms with van der Waals surface area (Å²) in [5.41, 5.74) is 0.758. The first kappa shape index (κ1) is 15.3. The maximum Gasteiger partial charge on any atom is 0.253 e. The Morgan fingerprint density at radius 3 is 2.61 bits per heavy atom. The first-order chi connectivity index (χ1) is 11.3. The number of hydrogen-bond donors (Lipinski definition) is 2. The van der Waals surface area contributed by atoms with E-state index in [0.717, 1.165) is 37.3 Å². The van der Waals surface area contributed by atoms with E-state index in [9.17, 15) is 4.79 Å². The quantitative estimate of drug-likeness (QED) is 0.906. The first-order valence-electron chi connectivity index (χ1n) is 7.88. The van der Waals surface area contributed by atoms with Crippen LogP contribution >= 0.6 is 0 Å². The van der Waals surface area contributed by atoms with Crippen LogP contribution in [0.2, 0.25) is 0 Å². The molecule has 1 fully saturated rings. The number of nitrogens with one attached hydrogen (secondary N) is 2. The van der Waals surface area contributed by atoms with E-state index in [-0.39, 0.29) is 5.91 Å². The molecule has 0 saturated carbocycles. The summed E-state index contributed by atoms with van der Waals surface area (Å²) in [6, 6.07) is 11.6. The van der Waals surface area contributed by atoms with Crippen LogP contribution < -0.4 is 10.6 Å². The van der Waals surface area contributed by atoms with Crippen molar-refractivity contribution < 1.29 is 4.79 Å². The summed E-state index contributed by atoms with van der Waals surface area (Å²) < 4.78 is 0. The van der Waals surface area contributed by atoms with Crippen LogP contribution in [0.15, 0.2) is 42.6 Å². The molecule has 0 atom stereocenters. The third-order valence-electron chi connectivity index (χ3n) is 4.03.